The second-order valence-corrected chi connectivity index (χ2v) is 7.16. The molecule has 0 saturated carbocycles. The average Bonchev–Trinajstić information content (AvgIpc) is 3.04. The van der Waals surface area contributed by atoms with Crippen LogP contribution in [0.15, 0.2) is 42.6 Å². The molecular formula is C20H15ClF6N4O2. The zero-order valence-corrected chi connectivity index (χ0v) is 17.7. The number of hydrogen-bond acceptors (Lipinski definition) is 3. The van der Waals surface area contributed by atoms with Crippen LogP contribution in [0.2, 0.25) is 5.02 Å². The summed E-state index contributed by atoms with van der Waals surface area (Å²) in [6.45, 7) is 0. The third kappa shape index (κ3) is 5.51. The molecule has 2 N–H and O–H groups in total. The number of alkyl halides is 6. The lowest BCUT2D eigenvalue weighted by Crippen LogP contribution is -2.21. The summed E-state index contributed by atoms with van der Waals surface area (Å²) in [6, 6.07) is 4.12. The summed E-state index contributed by atoms with van der Waals surface area (Å²) < 4.78 is 84.8. The van der Waals surface area contributed by atoms with E-state index in [0.29, 0.717) is 34.2 Å². The first-order valence-corrected chi connectivity index (χ1v) is 9.41. The van der Waals surface area contributed by atoms with Gasteiger partial charge in [-0.25, -0.2) is 4.79 Å². The van der Waals surface area contributed by atoms with Gasteiger partial charge in [0.05, 0.1) is 35.2 Å². The van der Waals surface area contributed by atoms with E-state index >= 15 is 0 Å². The monoisotopic (exact) mass is 492 g/mol. The first kappa shape index (κ1) is 24.2. The fourth-order valence-corrected chi connectivity index (χ4v) is 3.27. The molecule has 0 radical (unpaired) electrons. The molecule has 0 unspecified atom stereocenters. The molecule has 0 aliphatic heterocycles. The molecule has 1 heterocycles. The van der Waals surface area contributed by atoms with Crippen molar-refractivity contribution in [1.29, 1.82) is 0 Å². The first-order chi connectivity index (χ1) is 15.3. The van der Waals surface area contributed by atoms with Gasteiger partial charge in [-0.3, -0.25) is 4.68 Å². The van der Waals surface area contributed by atoms with Gasteiger partial charge in [0.2, 0.25) is 0 Å². The summed E-state index contributed by atoms with van der Waals surface area (Å²) in [6.07, 6.45) is -8.68. The molecule has 1 aromatic heterocycles. The van der Waals surface area contributed by atoms with Gasteiger partial charge in [-0.1, -0.05) is 11.6 Å². The van der Waals surface area contributed by atoms with Crippen molar-refractivity contribution in [3.8, 4) is 17.0 Å². The maximum absolute atomic E-state index is 13.0. The number of amides is 2. The van der Waals surface area contributed by atoms with Crippen LogP contribution < -0.4 is 15.4 Å². The van der Waals surface area contributed by atoms with Gasteiger partial charge in [-0.15, -0.1) is 0 Å². The summed E-state index contributed by atoms with van der Waals surface area (Å²) in [7, 11) is 3.04. The van der Waals surface area contributed by atoms with E-state index in [-0.39, 0.29) is 11.8 Å². The number of nitrogens with zero attached hydrogens (tertiary/aromatic N) is 2. The molecule has 3 aromatic rings. The largest absolute Gasteiger partial charge is 0.496 e. The van der Waals surface area contributed by atoms with Crippen LogP contribution in [0.5, 0.6) is 5.75 Å². The Kier molecular flexibility index (Phi) is 6.50. The van der Waals surface area contributed by atoms with Crippen molar-refractivity contribution in [2.24, 2.45) is 7.05 Å². The Hall–Kier alpha value is -3.41. The van der Waals surface area contributed by atoms with Crippen molar-refractivity contribution in [2.75, 3.05) is 17.7 Å². The number of benzene rings is 2. The van der Waals surface area contributed by atoms with Crippen LogP contribution in [0.4, 0.5) is 42.5 Å². The molecule has 0 aliphatic rings. The van der Waals surface area contributed by atoms with Gasteiger partial charge >= 0.3 is 18.4 Å². The molecule has 13 heteroatoms. The Bertz CT molecular complexity index is 1140. The van der Waals surface area contributed by atoms with Crippen molar-refractivity contribution in [3.05, 3.63) is 58.7 Å². The number of hydrogen-bond donors (Lipinski definition) is 2. The molecule has 33 heavy (non-hydrogen) atoms. The number of nitrogens with one attached hydrogen (secondary N) is 2. The van der Waals surface area contributed by atoms with Crippen LogP contribution in [-0.4, -0.2) is 22.9 Å². The first-order valence-electron chi connectivity index (χ1n) is 9.03. The maximum Gasteiger partial charge on any atom is 0.416 e. The molecule has 0 bridgehead atoms. The van der Waals surface area contributed by atoms with Crippen molar-refractivity contribution >= 4 is 29.0 Å². The number of carbonyl (C=O) groups is 1. The Morgan fingerprint density at radius 3 is 2.03 bits per heavy atom. The molecule has 0 spiro atoms. The van der Waals surface area contributed by atoms with Crippen LogP contribution in [-0.2, 0) is 19.4 Å². The molecule has 3 rings (SSSR count). The number of halogens is 7. The SMILES string of the molecule is COc1ccc(NC(=O)Nc2cc(C(F)(F)F)cc(C(F)(F)F)c2)cc1-c1c(Cl)cnn1C. The standard InChI is InChI=1S/C20H15ClF6N4O2/c1-31-17(15(21)9-28-31)14-8-12(3-4-16(14)33-2)29-18(32)30-13-6-10(19(22,23)24)5-11(7-13)20(25,26)27/h3-9H,1-2H3,(H2,29,30,32). The third-order valence-corrected chi connectivity index (χ3v) is 4.73. The lowest BCUT2D eigenvalue weighted by molar-refractivity contribution is -0.143. The number of methoxy groups -OCH3 is 1. The van der Waals surface area contributed by atoms with Crippen molar-refractivity contribution < 1.29 is 35.9 Å². The van der Waals surface area contributed by atoms with Crippen molar-refractivity contribution in [1.82, 2.24) is 9.78 Å². The zero-order valence-electron chi connectivity index (χ0n) is 16.9. The topological polar surface area (TPSA) is 68.2 Å². The molecular weight excluding hydrogens is 478 g/mol. The smallest absolute Gasteiger partial charge is 0.416 e. The number of carbonyl (C=O) groups excluding carboxylic acids is 1. The summed E-state index contributed by atoms with van der Waals surface area (Å²) in [5.74, 6) is 0.388. The second-order valence-electron chi connectivity index (χ2n) is 6.75. The van der Waals surface area contributed by atoms with E-state index in [0.717, 1.165) is 0 Å². The molecule has 0 saturated heterocycles. The van der Waals surface area contributed by atoms with E-state index in [1.807, 2.05) is 5.32 Å². The molecule has 0 aliphatic carbocycles. The highest BCUT2D eigenvalue weighted by molar-refractivity contribution is 6.33. The highest BCUT2D eigenvalue weighted by Crippen LogP contribution is 2.38. The number of urea groups is 1. The van der Waals surface area contributed by atoms with Gasteiger partial charge in [0, 0.05) is 24.0 Å². The molecule has 0 fully saturated rings. The summed E-state index contributed by atoms with van der Waals surface area (Å²) in [4.78, 5) is 12.3. The second kappa shape index (κ2) is 8.85. The molecule has 176 valence electrons. The van der Waals surface area contributed by atoms with Crippen LogP contribution in [0, 0.1) is 0 Å². The van der Waals surface area contributed by atoms with E-state index in [9.17, 15) is 31.1 Å². The molecule has 6 nitrogen and oxygen atoms in total. The molecule has 2 amide bonds. The van der Waals surface area contributed by atoms with Crippen molar-refractivity contribution in [2.45, 2.75) is 12.4 Å². The minimum absolute atomic E-state index is 0.0313. The average molecular weight is 493 g/mol. The van der Waals surface area contributed by atoms with Gasteiger partial charge < -0.3 is 15.4 Å². The van der Waals surface area contributed by atoms with Gasteiger partial charge in [-0.05, 0) is 36.4 Å². The third-order valence-electron chi connectivity index (χ3n) is 4.45. The van der Waals surface area contributed by atoms with Crippen LogP contribution in [0.3, 0.4) is 0 Å². The van der Waals surface area contributed by atoms with Gasteiger partial charge in [0.15, 0.2) is 0 Å². The highest BCUT2D eigenvalue weighted by Gasteiger charge is 2.37. The quantitative estimate of drug-likeness (QED) is 0.412. The Labute approximate surface area is 188 Å². The predicted octanol–water partition coefficient (Wildman–Crippen LogP) is 6.43. The summed E-state index contributed by atoms with van der Waals surface area (Å²) in [5.41, 5.74) is -2.71. The number of ether oxygens (including phenoxy) is 1. The van der Waals surface area contributed by atoms with Gasteiger partial charge in [-0.2, -0.15) is 31.4 Å². The number of aromatic nitrogens is 2. The predicted molar refractivity (Wildman–Crippen MR) is 109 cm³/mol. The van der Waals surface area contributed by atoms with Crippen LogP contribution in [0.25, 0.3) is 11.3 Å². The van der Waals surface area contributed by atoms with E-state index in [1.54, 1.807) is 7.05 Å². The lowest BCUT2D eigenvalue weighted by Gasteiger charge is -2.16. The fourth-order valence-electron chi connectivity index (χ4n) is 3.01. The summed E-state index contributed by atoms with van der Waals surface area (Å²) >= 11 is 6.15. The minimum Gasteiger partial charge on any atom is -0.496 e. The van der Waals surface area contributed by atoms with E-state index in [2.05, 4.69) is 10.4 Å². The number of aryl methyl sites for hydroxylation is 1. The number of anilines is 2. The zero-order chi connectivity index (χ0) is 24.6. The van der Waals surface area contributed by atoms with E-state index < -0.39 is 35.2 Å². The Morgan fingerprint density at radius 2 is 1.55 bits per heavy atom. The summed E-state index contributed by atoms with van der Waals surface area (Å²) in [5, 5.41) is 8.66. The van der Waals surface area contributed by atoms with Gasteiger partial charge in [0.25, 0.3) is 0 Å². The molecule has 2 aromatic carbocycles. The van der Waals surface area contributed by atoms with Crippen molar-refractivity contribution in [3.63, 3.8) is 0 Å². The normalized spacial score (nSPS) is 11.9. The Morgan fingerprint density at radius 1 is 0.970 bits per heavy atom. The van der Waals surface area contributed by atoms with Gasteiger partial charge in [0.1, 0.15) is 5.75 Å². The fraction of sp³-hybridized carbons (Fsp3) is 0.200. The Balaban J connectivity index is 1.89. The molecule has 0 atom stereocenters. The highest BCUT2D eigenvalue weighted by atomic mass is 35.5. The number of rotatable bonds is 4. The lowest BCUT2D eigenvalue weighted by atomic mass is 10.1. The maximum atomic E-state index is 13.0. The van der Waals surface area contributed by atoms with E-state index in [4.69, 9.17) is 16.3 Å². The van der Waals surface area contributed by atoms with Crippen LogP contribution in [0.1, 0.15) is 11.1 Å². The minimum atomic E-state index is -5.04. The van der Waals surface area contributed by atoms with E-state index in [1.165, 1.54) is 36.2 Å². The van der Waals surface area contributed by atoms with Crippen LogP contribution >= 0.6 is 11.6 Å².